The number of rotatable bonds is 3. The van der Waals surface area contributed by atoms with Gasteiger partial charge in [-0.3, -0.25) is 9.78 Å². The Morgan fingerprint density at radius 3 is 2.64 bits per heavy atom. The molecular formula is C9H10N2O3. The second-order valence-electron chi connectivity index (χ2n) is 3.10. The number of aliphatic carboxylic acids is 1. The minimum absolute atomic E-state index is 0.245. The highest BCUT2D eigenvalue weighted by Crippen LogP contribution is 2.16. The number of hydrogen-bond acceptors (Lipinski definition) is 4. The van der Waals surface area contributed by atoms with Crippen LogP contribution in [0.5, 0.6) is 0 Å². The molecule has 1 aromatic rings. The number of nitrogens with two attached hydrogens (primary N) is 1. The van der Waals surface area contributed by atoms with E-state index in [4.69, 9.17) is 10.8 Å². The minimum Gasteiger partial charge on any atom is -0.480 e. The van der Waals surface area contributed by atoms with Gasteiger partial charge in [-0.05, 0) is 13.0 Å². The second-order valence-corrected chi connectivity index (χ2v) is 3.10. The lowest BCUT2D eigenvalue weighted by molar-refractivity contribution is -0.143. The monoisotopic (exact) mass is 194 g/mol. The fourth-order valence-corrected chi connectivity index (χ4v) is 0.906. The van der Waals surface area contributed by atoms with Crippen molar-refractivity contribution in [2.45, 2.75) is 12.5 Å². The van der Waals surface area contributed by atoms with Crippen molar-refractivity contribution >= 4 is 12.3 Å². The van der Waals surface area contributed by atoms with Crippen LogP contribution in [0.15, 0.2) is 18.3 Å². The zero-order valence-electron chi connectivity index (χ0n) is 7.60. The standard InChI is InChI=1S/C9H10N2O3/c1-9(10,8(13)14)6-2-3-7(5-12)11-4-6/h2-5H,10H2,1H3,(H,13,14)/t9-/m0/s1. The molecule has 74 valence electrons. The maximum absolute atomic E-state index is 10.8. The van der Waals surface area contributed by atoms with Gasteiger partial charge < -0.3 is 10.8 Å². The molecule has 1 heterocycles. The molecule has 5 heteroatoms. The Morgan fingerprint density at radius 2 is 2.29 bits per heavy atom. The molecule has 3 N–H and O–H groups in total. The number of hydrogen-bond donors (Lipinski definition) is 2. The van der Waals surface area contributed by atoms with Crippen LogP contribution in [-0.4, -0.2) is 22.3 Å². The van der Waals surface area contributed by atoms with E-state index in [1.807, 2.05) is 0 Å². The summed E-state index contributed by atoms with van der Waals surface area (Å²) >= 11 is 0. The molecule has 0 unspecified atom stereocenters. The Balaban J connectivity index is 3.08. The predicted molar refractivity (Wildman–Crippen MR) is 48.8 cm³/mol. The zero-order valence-corrected chi connectivity index (χ0v) is 7.60. The maximum atomic E-state index is 10.8. The Morgan fingerprint density at radius 1 is 1.64 bits per heavy atom. The summed E-state index contributed by atoms with van der Waals surface area (Å²) < 4.78 is 0. The lowest BCUT2D eigenvalue weighted by Crippen LogP contribution is -2.41. The van der Waals surface area contributed by atoms with Crippen LogP contribution in [0.25, 0.3) is 0 Å². The first kappa shape index (κ1) is 10.3. The zero-order chi connectivity index (χ0) is 10.8. The van der Waals surface area contributed by atoms with Gasteiger partial charge in [-0.1, -0.05) is 6.07 Å². The van der Waals surface area contributed by atoms with Gasteiger partial charge in [-0.2, -0.15) is 0 Å². The number of pyridine rings is 1. The molecule has 14 heavy (non-hydrogen) atoms. The summed E-state index contributed by atoms with van der Waals surface area (Å²) in [4.78, 5) is 24.8. The second kappa shape index (κ2) is 3.55. The van der Waals surface area contributed by atoms with Crippen molar-refractivity contribution in [2.75, 3.05) is 0 Å². The van der Waals surface area contributed by atoms with Crippen molar-refractivity contribution in [3.63, 3.8) is 0 Å². The van der Waals surface area contributed by atoms with Crippen LogP contribution < -0.4 is 5.73 Å². The molecule has 0 saturated carbocycles. The van der Waals surface area contributed by atoms with Gasteiger partial charge in [0.15, 0.2) is 6.29 Å². The van der Waals surface area contributed by atoms with Crippen LogP contribution in [-0.2, 0) is 10.3 Å². The van der Waals surface area contributed by atoms with E-state index in [0.717, 1.165) is 0 Å². The molecule has 0 radical (unpaired) electrons. The van der Waals surface area contributed by atoms with Crippen molar-refractivity contribution in [2.24, 2.45) is 5.73 Å². The molecule has 0 fully saturated rings. The summed E-state index contributed by atoms with van der Waals surface area (Å²) in [5, 5.41) is 8.80. The van der Waals surface area contributed by atoms with Gasteiger partial charge in [0.05, 0.1) is 0 Å². The maximum Gasteiger partial charge on any atom is 0.328 e. The van der Waals surface area contributed by atoms with Crippen molar-refractivity contribution in [3.8, 4) is 0 Å². The smallest absolute Gasteiger partial charge is 0.328 e. The lowest BCUT2D eigenvalue weighted by Gasteiger charge is -2.18. The van der Waals surface area contributed by atoms with Crippen LogP contribution >= 0.6 is 0 Å². The third kappa shape index (κ3) is 1.77. The average molecular weight is 194 g/mol. The minimum atomic E-state index is -1.48. The van der Waals surface area contributed by atoms with Crippen LogP contribution in [0.4, 0.5) is 0 Å². The molecule has 0 saturated heterocycles. The Labute approximate surface area is 80.6 Å². The molecule has 0 bridgehead atoms. The molecular weight excluding hydrogens is 184 g/mol. The number of carboxylic acid groups (broad SMARTS) is 1. The summed E-state index contributed by atoms with van der Waals surface area (Å²) in [6.07, 6.45) is 1.87. The summed E-state index contributed by atoms with van der Waals surface area (Å²) in [6.45, 7) is 1.37. The SMILES string of the molecule is C[C@@](N)(C(=O)O)c1ccc(C=O)nc1. The summed E-state index contributed by atoms with van der Waals surface area (Å²) in [7, 11) is 0. The third-order valence-electron chi connectivity index (χ3n) is 1.95. The Kier molecular flexibility index (Phi) is 2.62. The highest BCUT2D eigenvalue weighted by molar-refractivity contribution is 5.80. The first-order chi connectivity index (χ1) is 6.48. The van der Waals surface area contributed by atoms with E-state index in [2.05, 4.69) is 4.98 Å². The van der Waals surface area contributed by atoms with Gasteiger partial charge in [0.2, 0.25) is 0 Å². The van der Waals surface area contributed by atoms with Gasteiger partial charge in [-0.15, -0.1) is 0 Å². The molecule has 0 aliphatic carbocycles. The highest BCUT2D eigenvalue weighted by atomic mass is 16.4. The summed E-state index contributed by atoms with van der Waals surface area (Å²) in [5.74, 6) is -1.14. The average Bonchev–Trinajstić information content (AvgIpc) is 2.17. The number of carbonyl (C=O) groups excluding carboxylic acids is 1. The van der Waals surface area contributed by atoms with Crippen molar-refractivity contribution < 1.29 is 14.7 Å². The molecule has 0 aliphatic heterocycles. The van der Waals surface area contributed by atoms with Gasteiger partial charge in [0, 0.05) is 11.8 Å². The molecule has 1 atom stereocenters. The first-order valence-corrected chi connectivity index (χ1v) is 3.92. The van der Waals surface area contributed by atoms with E-state index in [1.165, 1.54) is 25.3 Å². The molecule has 0 aliphatic rings. The molecule has 0 amide bonds. The number of carboxylic acids is 1. The number of aromatic nitrogens is 1. The third-order valence-corrected chi connectivity index (χ3v) is 1.95. The summed E-state index contributed by atoms with van der Waals surface area (Å²) in [5.41, 5.74) is 4.67. The quantitative estimate of drug-likeness (QED) is 0.668. The van der Waals surface area contributed by atoms with E-state index < -0.39 is 11.5 Å². The van der Waals surface area contributed by atoms with E-state index in [-0.39, 0.29) is 5.69 Å². The van der Waals surface area contributed by atoms with E-state index >= 15 is 0 Å². The molecule has 5 nitrogen and oxygen atoms in total. The van der Waals surface area contributed by atoms with E-state index in [0.29, 0.717) is 11.8 Å². The fraction of sp³-hybridized carbons (Fsp3) is 0.222. The fourth-order valence-electron chi connectivity index (χ4n) is 0.906. The normalized spacial score (nSPS) is 14.4. The van der Waals surface area contributed by atoms with Crippen molar-refractivity contribution in [3.05, 3.63) is 29.6 Å². The van der Waals surface area contributed by atoms with Gasteiger partial charge >= 0.3 is 5.97 Å². The van der Waals surface area contributed by atoms with Crippen molar-refractivity contribution in [1.82, 2.24) is 4.98 Å². The number of nitrogens with zero attached hydrogens (tertiary/aromatic N) is 1. The Hall–Kier alpha value is -1.75. The molecule has 1 aromatic heterocycles. The van der Waals surface area contributed by atoms with E-state index in [9.17, 15) is 9.59 Å². The number of carbonyl (C=O) groups is 2. The first-order valence-electron chi connectivity index (χ1n) is 3.92. The van der Waals surface area contributed by atoms with Crippen LogP contribution in [0.3, 0.4) is 0 Å². The number of aldehydes is 1. The lowest BCUT2D eigenvalue weighted by atomic mass is 9.95. The highest BCUT2D eigenvalue weighted by Gasteiger charge is 2.30. The topological polar surface area (TPSA) is 93.3 Å². The van der Waals surface area contributed by atoms with Gasteiger partial charge in [0.25, 0.3) is 0 Å². The largest absolute Gasteiger partial charge is 0.480 e. The Bertz CT molecular complexity index is 357. The molecule has 0 spiro atoms. The summed E-state index contributed by atoms with van der Waals surface area (Å²) in [6, 6.07) is 2.90. The van der Waals surface area contributed by atoms with Crippen molar-refractivity contribution in [1.29, 1.82) is 0 Å². The van der Waals surface area contributed by atoms with Crippen LogP contribution in [0.1, 0.15) is 23.0 Å². The molecule has 1 rings (SSSR count). The molecule has 0 aromatic carbocycles. The van der Waals surface area contributed by atoms with Crippen LogP contribution in [0, 0.1) is 0 Å². The van der Waals surface area contributed by atoms with Crippen LogP contribution in [0.2, 0.25) is 0 Å². The predicted octanol–water partition coefficient (Wildman–Crippen LogP) is 0.153. The van der Waals surface area contributed by atoms with Gasteiger partial charge in [0.1, 0.15) is 11.2 Å². The van der Waals surface area contributed by atoms with E-state index in [1.54, 1.807) is 0 Å². The van der Waals surface area contributed by atoms with Gasteiger partial charge in [-0.25, -0.2) is 4.79 Å².